The molecule has 2 rings (SSSR count). The number of guanidine groups is 1. The van der Waals surface area contributed by atoms with Crippen LogP contribution in [0.3, 0.4) is 0 Å². The molecule has 0 aliphatic heterocycles. The number of nitrogens with one attached hydrogen (secondary N) is 1. The molecule has 0 saturated heterocycles. The van der Waals surface area contributed by atoms with Crippen LogP contribution in [0.15, 0.2) is 23.2 Å². The van der Waals surface area contributed by atoms with Gasteiger partial charge in [0.25, 0.3) is 0 Å². The van der Waals surface area contributed by atoms with E-state index in [0.29, 0.717) is 19.1 Å². The Labute approximate surface area is 149 Å². The van der Waals surface area contributed by atoms with E-state index in [1.807, 2.05) is 25.1 Å². The molecule has 5 nitrogen and oxygen atoms in total. The number of nitrogens with two attached hydrogens (primary N) is 1. The lowest BCUT2D eigenvalue weighted by Crippen LogP contribution is -2.37. The van der Waals surface area contributed by atoms with Crippen molar-refractivity contribution < 1.29 is 9.47 Å². The van der Waals surface area contributed by atoms with E-state index in [1.165, 1.54) is 19.3 Å². The molecule has 6 heteroatoms. The third-order valence-corrected chi connectivity index (χ3v) is 3.76. The fourth-order valence-corrected chi connectivity index (χ4v) is 2.27. The summed E-state index contributed by atoms with van der Waals surface area (Å²) in [6.07, 6.45) is 3.95. The van der Waals surface area contributed by atoms with Gasteiger partial charge in [0.1, 0.15) is 0 Å². The van der Waals surface area contributed by atoms with Gasteiger partial charge in [0.15, 0.2) is 17.5 Å². The summed E-state index contributed by atoms with van der Waals surface area (Å²) in [6, 6.07) is 5.82. The number of benzene rings is 1. The molecule has 124 valence electrons. The van der Waals surface area contributed by atoms with Crippen molar-refractivity contribution in [3.8, 4) is 11.5 Å². The topological polar surface area (TPSA) is 68.9 Å². The van der Waals surface area contributed by atoms with Crippen LogP contribution >= 0.6 is 24.0 Å². The first-order valence-electron chi connectivity index (χ1n) is 7.56. The first-order valence-corrected chi connectivity index (χ1v) is 7.56. The number of aliphatic imine (C=N–C) groups is 1. The number of halogens is 1. The third-order valence-electron chi connectivity index (χ3n) is 3.76. The highest BCUT2D eigenvalue weighted by molar-refractivity contribution is 14.0. The molecule has 22 heavy (non-hydrogen) atoms. The average Bonchev–Trinajstić information content (AvgIpc) is 2.44. The highest BCUT2D eigenvalue weighted by atomic mass is 127. The van der Waals surface area contributed by atoms with Crippen LogP contribution in [-0.2, 0) is 6.54 Å². The molecule has 1 saturated carbocycles. The quantitative estimate of drug-likeness (QED) is 0.405. The Kier molecular flexibility index (Phi) is 8.37. The molecular weight excluding hydrogens is 393 g/mol. The van der Waals surface area contributed by atoms with Gasteiger partial charge in [0.2, 0.25) is 0 Å². The second kappa shape index (κ2) is 9.76. The van der Waals surface area contributed by atoms with Gasteiger partial charge in [-0.25, -0.2) is 4.99 Å². The minimum absolute atomic E-state index is 0. The number of nitrogens with zero attached hydrogens (tertiary/aromatic N) is 1. The van der Waals surface area contributed by atoms with Gasteiger partial charge in [-0.3, -0.25) is 0 Å². The van der Waals surface area contributed by atoms with Crippen molar-refractivity contribution in [3.05, 3.63) is 23.8 Å². The van der Waals surface area contributed by atoms with Gasteiger partial charge in [0, 0.05) is 6.54 Å². The average molecular weight is 419 g/mol. The smallest absolute Gasteiger partial charge is 0.188 e. The third kappa shape index (κ3) is 5.55. The molecule has 1 aliphatic carbocycles. The first-order chi connectivity index (χ1) is 10.2. The predicted molar refractivity (Wildman–Crippen MR) is 100 cm³/mol. The van der Waals surface area contributed by atoms with Crippen LogP contribution in [-0.4, -0.2) is 26.2 Å². The molecule has 0 unspecified atom stereocenters. The Morgan fingerprint density at radius 2 is 2.14 bits per heavy atom. The predicted octanol–water partition coefficient (Wildman–Crippen LogP) is 2.92. The minimum Gasteiger partial charge on any atom is -0.493 e. The molecule has 0 amide bonds. The van der Waals surface area contributed by atoms with Crippen LogP contribution < -0.4 is 20.5 Å². The van der Waals surface area contributed by atoms with Crippen molar-refractivity contribution >= 4 is 29.9 Å². The standard InChI is InChI=1S/C16H25N3O2.HI/c1-3-21-15-9-13(7-8-14(15)20-2)11-19-16(17)18-10-12-5-4-6-12;/h7-9,12H,3-6,10-11H2,1-2H3,(H3,17,18,19);1H. The van der Waals surface area contributed by atoms with E-state index in [-0.39, 0.29) is 24.0 Å². The monoisotopic (exact) mass is 419 g/mol. The second-order valence-electron chi connectivity index (χ2n) is 5.30. The Balaban J connectivity index is 0.00000242. The number of rotatable bonds is 7. The molecule has 3 N–H and O–H groups in total. The van der Waals surface area contributed by atoms with Crippen LogP contribution in [0, 0.1) is 5.92 Å². The lowest BCUT2D eigenvalue weighted by molar-refractivity contribution is 0.310. The lowest BCUT2D eigenvalue weighted by atomic mass is 9.85. The second-order valence-corrected chi connectivity index (χ2v) is 5.30. The Bertz CT molecular complexity index is 490. The van der Waals surface area contributed by atoms with Gasteiger partial charge < -0.3 is 20.5 Å². The summed E-state index contributed by atoms with van der Waals surface area (Å²) in [4.78, 5) is 4.37. The highest BCUT2D eigenvalue weighted by Crippen LogP contribution is 2.28. The zero-order valence-corrected chi connectivity index (χ0v) is 15.6. The van der Waals surface area contributed by atoms with Crippen molar-refractivity contribution in [2.75, 3.05) is 20.3 Å². The maximum Gasteiger partial charge on any atom is 0.188 e. The summed E-state index contributed by atoms with van der Waals surface area (Å²) >= 11 is 0. The van der Waals surface area contributed by atoms with Gasteiger partial charge in [-0.1, -0.05) is 12.5 Å². The van der Waals surface area contributed by atoms with E-state index in [4.69, 9.17) is 15.2 Å². The molecule has 0 radical (unpaired) electrons. The summed E-state index contributed by atoms with van der Waals surface area (Å²) in [5, 5.41) is 3.19. The molecule has 1 aliphatic rings. The van der Waals surface area contributed by atoms with Crippen LogP contribution in [0.25, 0.3) is 0 Å². The molecule has 0 atom stereocenters. The molecule has 0 bridgehead atoms. The Morgan fingerprint density at radius 3 is 2.73 bits per heavy atom. The molecule has 0 heterocycles. The van der Waals surface area contributed by atoms with Crippen LogP contribution in [0.4, 0.5) is 0 Å². The maximum atomic E-state index is 5.88. The Hall–Kier alpha value is -1.18. The van der Waals surface area contributed by atoms with E-state index in [2.05, 4.69) is 10.3 Å². The maximum absolute atomic E-state index is 5.88. The SMILES string of the molecule is CCOc1cc(CN=C(N)NCC2CCC2)ccc1OC.I. The van der Waals surface area contributed by atoms with Gasteiger partial charge in [-0.15, -0.1) is 24.0 Å². The summed E-state index contributed by atoms with van der Waals surface area (Å²) in [5.41, 5.74) is 6.93. The number of hydrogen-bond acceptors (Lipinski definition) is 3. The number of ether oxygens (including phenoxy) is 2. The van der Waals surface area contributed by atoms with Gasteiger partial charge >= 0.3 is 0 Å². The van der Waals surface area contributed by atoms with Crippen molar-refractivity contribution in [3.63, 3.8) is 0 Å². The van der Waals surface area contributed by atoms with Crippen LogP contribution in [0.2, 0.25) is 0 Å². The zero-order chi connectivity index (χ0) is 15.1. The van der Waals surface area contributed by atoms with Crippen LogP contribution in [0.5, 0.6) is 11.5 Å². The summed E-state index contributed by atoms with van der Waals surface area (Å²) < 4.78 is 10.8. The van der Waals surface area contributed by atoms with Crippen molar-refractivity contribution in [2.24, 2.45) is 16.6 Å². The van der Waals surface area contributed by atoms with E-state index in [0.717, 1.165) is 29.5 Å². The van der Waals surface area contributed by atoms with E-state index < -0.39 is 0 Å². The van der Waals surface area contributed by atoms with Crippen molar-refractivity contribution in [1.82, 2.24) is 5.32 Å². The number of hydrogen-bond donors (Lipinski definition) is 2. The summed E-state index contributed by atoms with van der Waals surface area (Å²) in [7, 11) is 1.64. The molecular formula is C16H26IN3O2. The Morgan fingerprint density at radius 1 is 1.36 bits per heavy atom. The van der Waals surface area contributed by atoms with Crippen molar-refractivity contribution in [1.29, 1.82) is 0 Å². The minimum atomic E-state index is 0. The normalized spacial score (nSPS) is 14.7. The lowest BCUT2D eigenvalue weighted by Gasteiger charge is -2.25. The molecule has 1 aromatic carbocycles. The van der Waals surface area contributed by atoms with Gasteiger partial charge in [-0.2, -0.15) is 0 Å². The number of methoxy groups -OCH3 is 1. The summed E-state index contributed by atoms with van der Waals surface area (Å²) in [5.74, 6) is 2.76. The van der Waals surface area contributed by atoms with Gasteiger partial charge in [0.05, 0.1) is 20.3 Å². The van der Waals surface area contributed by atoms with E-state index in [9.17, 15) is 0 Å². The van der Waals surface area contributed by atoms with Crippen molar-refractivity contribution in [2.45, 2.75) is 32.7 Å². The molecule has 1 fully saturated rings. The first kappa shape index (κ1) is 18.9. The molecule has 0 spiro atoms. The van der Waals surface area contributed by atoms with Gasteiger partial charge in [-0.05, 0) is 43.4 Å². The molecule has 0 aromatic heterocycles. The van der Waals surface area contributed by atoms with E-state index in [1.54, 1.807) is 7.11 Å². The zero-order valence-electron chi connectivity index (χ0n) is 13.3. The van der Waals surface area contributed by atoms with Crippen LogP contribution in [0.1, 0.15) is 31.7 Å². The summed E-state index contributed by atoms with van der Waals surface area (Å²) in [6.45, 7) is 4.02. The fourth-order valence-electron chi connectivity index (χ4n) is 2.27. The van der Waals surface area contributed by atoms with E-state index >= 15 is 0 Å². The molecule has 1 aromatic rings. The highest BCUT2D eigenvalue weighted by Gasteiger charge is 2.16. The fraction of sp³-hybridized carbons (Fsp3) is 0.562. The largest absolute Gasteiger partial charge is 0.493 e.